The molecule has 7 nitrogen and oxygen atoms in total. The van der Waals surface area contributed by atoms with Crippen molar-refractivity contribution in [2.75, 3.05) is 43.5 Å². The Labute approximate surface area is 206 Å². The Morgan fingerprint density at radius 3 is 2.14 bits per heavy atom. The first-order valence-electron chi connectivity index (χ1n) is 12.0. The van der Waals surface area contributed by atoms with Crippen molar-refractivity contribution in [1.29, 1.82) is 0 Å². The predicted octanol–water partition coefficient (Wildman–Crippen LogP) is 4.82. The lowest BCUT2D eigenvalue weighted by molar-refractivity contribution is -0.114. The van der Waals surface area contributed by atoms with Gasteiger partial charge >= 0.3 is 0 Å². The summed E-state index contributed by atoms with van der Waals surface area (Å²) < 4.78 is 11.3. The molecule has 3 aromatic carbocycles. The third-order valence-electron chi connectivity index (χ3n) is 5.71. The molecule has 1 aliphatic rings. The molecule has 1 fully saturated rings. The maximum atomic E-state index is 12.7. The maximum Gasteiger partial charge on any atom is 0.253 e. The molecule has 4 rings (SSSR count). The zero-order chi connectivity index (χ0) is 24.3. The summed E-state index contributed by atoms with van der Waals surface area (Å²) in [6, 6.07) is 24.1. The van der Waals surface area contributed by atoms with Crippen LogP contribution in [0.25, 0.3) is 0 Å². The molecule has 0 unspecified atom stereocenters. The zero-order valence-corrected chi connectivity index (χ0v) is 19.7. The second-order valence-electron chi connectivity index (χ2n) is 8.37. The smallest absolute Gasteiger partial charge is 0.253 e. The highest BCUT2D eigenvalue weighted by atomic mass is 16.5. The Hall–Kier alpha value is -4.00. The molecule has 182 valence electrons. The summed E-state index contributed by atoms with van der Waals surface area (Å²) in [6.07, 6.45) is 3.29. The molecule has 1 aliphatic heterocycles. The number of para-hydroxylation sites is 1. The number of hydrogen-bond donors (Lipinski definition) is 2. The first kappa shape index (κ1) is 24.1. The van der Waals surface area contributed by atoms with Crippen molar-refractivity contribution in [1.82, 2.24) is 4.90 Å². The normalized spacial score (nSPS) is 13.1. The molecule has 1 saturated heterocycles. The monoisotopic (exact) mass is 473 g/mol. The van der Waals surface area contributed by atoms with Crippen molar-refractivity contribution < 1.29 is 19.1 Å². The molecule has 0 saturated carbocycles. The maximum absolute atomic E-state index is 12.7. The van der Waals surface area contributed by atoms with E-state index in [1.54, 1.807) is 30.3 Å². The van der Waals surface area contributed by atoms with Gasteiger partial charge in [0.1, 0.15) is 24.7 Å². The molecule has 35 heavy (non-hydrogen) atoms. The van der Waals surface area contributed by atoms with Crippen molar-refractivity contribution in [2.24, 2.45) is 0 Å². The van der Waals surface area contributed by atoms with E-state index >= 15 is 0 Å². The number of carbonyl (C=O) groups excluding carboxylic acids is 2. The number of benzene rings is 3. The number of anilines is 2. The molecule has 0 bridgehead atoms. The molecule has 0 radical (unpaired) electrons. The van der Waals surface area contributed by atoms with E-state index in [-0.39, 0.29) is 18.4 Å². The van der Waals surface area contributed by atoms with Crippen LogP contribution in [0, 0.1) is 0 Å². The Balaban J connectivity index is 1.19. The van der Waals surface area contributed by atoms with E-state index in [4.69, 9.17) is 9.47 Å². The number of likely N-dealkylation sites (tertiary alicyclic amines) is 1. The number of nitrogens with one attached hydrogen (secondary N) is 2. The van der Waals surface area contributed by atoms with Gasteiger partial charge in [-0.25, -0.2) is 0 Å². The standard InChI is InChI=1S/C28H31N3O4/c32-27(21-29-24-9-7-8-22(20-24)28(33)31-16-5-2-6-17-31)30-23-12-14-26(15-13-23)35-19-18-34-25-10-3-1-4-11-25/h1,3-4,7-15,20,29H,2,5-6,16-19,21H2,(H,30,32). The van der Waals surface area contributed by atoms with Crippen LogP contribution in [0.2, 0.25) is 0 Å². The van der Waals surface area contributed by atoms with Crippen molar-refractivity contribution in [3.63, 3.8) is 0 Å². The summed E-state index contributed by atoms with van der Waals surface area (Å²) in [5.74, 6) is 1.38. The third-order valence-corrected chi connectivity index (χ3v) is 5.71. The van der Waals surface area contributed by atoms with Crippen LogP contribution in [0.5, 0.6) is 11.5 Å². The molecule has 0 spiro atoms. The molecule has 0 aliphatic carbocycles. The van der Waals surface area contributed by atoms with Crippen LogP contribution in [-0.4, -0.2) is 49.6 Å². The van der Waals surface area contributed by atoms with Crippen LogP contribution in [-0.2, 0) is 4.79 Å². The number of hydrogen-bond acceptors (Lipinski definition) is 5. The van der Waals surface area contributed by atoms with E-state index in [1.807, 2.05) is 53.4 Å². The quantitative estimate of drug-likeness (QED) is 0.413. The second kappa shape index (κ2) is 12.5. The van der Waals surface area contributed by atoms with Gasteiger partial charge in [-0.1, -0.05) is 24.3 Å². The van der Waals surface area contributed by atoms with E-state index in [0.29, 0.717) is 30.2 Å². The first-order chi connectivity index (χ1) is 17.2. The van der Waals surface area contributed by atoms with Crippen LogP contribution in [0.1, 0.15) is 29.6 Å². The molecule has 3 aromatic rings. The summed E-state index contributed by atoms with van der Waals surface area (Å²) in [5, 5.41) is 5.96. The molecule has 0 aromatic heterocycles. The second-order valence-corrected chi connectivity index (χ2v) is 8.37. The van der Waals surface area contributed by atoms with E-state index in [1.165, 1.54) is 6.42 Å². The summed E-state index contributed by atoms with van der Waals surface area (Å²) in [6.45, 7) is 2.58. The van der Waals surface area contributed by atoms with Crippen molar-refractivity contribution in [3.8, 4) is 11.5 Å². The first-order valence-corrected chi connectivity index (χ1v) is 12.0. The van der Waals surface area contributed by atoms with Crippen LogP contribution >= 0.6 is 0 Å². The van der Waals surface area contributed by atoms with Crippen LogP contribution in [0.3, 0.4) is 0 Å². The summed E-state index contributed by atoms with van der Waals surface area (Å²) in [5.41, 5.74) is 2.06. The minimum Gasteiger partial charge on any atom is -0.490 e. The SMILES string of the molecule is O=C(CNc1cccc(C(=O)N2CCCCC2)c1)Nc1ccc(OCCOc2ccccc2)cc1. The van der Waals surface area contributed by atoms with Gasteiger partial charge in [0.05, 0.1) is 6.54 Å². The van der Waals surface area contributed by atoms with Crippen LogP contribution in [0.4, 0.5) is 11.4 Å². The third kappa shape index (κ3) is 7.50. The predicted molar refractivity (Wildman–Crippen MR) is 137 cm³/mol. The zero-order valence-electron chi connectivity index (χ0n) is 19.7. The van der Waals surface area contributed by atoms with Gasteiger partial charge in [0.25, 0.3) is 5.91 Å². The number of nitrogens with zero attached hydrogens (tertiary/aromatic N) is 1. The van der Waals surface area contributed by atoms with Crippen LogP contribution < -0.4 is 20.1 Å². The van der Waals surface area contributed by atoms with Gasteiger partial charge in [0.15, 0.2) is 0 Å². The van der Waals surface area contributed by atoms with Crippen molar-refractivity contribution in [3.05, 3.63) is 84.4 Å². The lowest BCUT2D eigenvalue weighted by Crippen LogP contribution is -2.35. The van der Waals surface area contributed by atoms with Crippen molar-refractivity contribution in [2.45, 2.75) is 19.3 Å². The fourth-order valence-electron chi connectivity index (χ4n) is 3.90. The highest BCUT2D eigenvalue weighted by Crippen LogP contribution is 2.18. The topological polar surface area (TPSA) is 79.9 Å². The summed E-state index contributed by atoms with van der Waals surface area (Å²) in [7, 11) is 0. The van der Waals surface area contributed by atoms with E-state index in [9.17, 15) is 9.59 Å². The Morgan fingerprint density at radius 1 is 0.743 bits per heavy atom. The molecule has 2 N–H and O–H groups in total. The van der Waals surface area contributed by atoms with Gasteiger partial charge in [-0.15, -0.1) is 0 Å². The fraction of sp³-hybridized carbons (Fsp3) is 0.286. The lowest BCUT2D eigenvalue weighted by atomic mass is 10.1. The van der Waals surface area contributed by atoms with Gasteiger partial charge in [0, 0.05) is 30.0 Å². The van der Waals surface area contributed by atoms with Gasteiger partial charge in [-0.2, -0.15) is 0 Å². The molecule has 0 atom stereocenters. The summed E-state index contributed by atoms with van der Waals surface area (Å²) >= 11 is 0. The van der Waals surface area contributed by atoms with E-state index in [2.05, 4.69) is 10.6 Å². The molecule has 1 heterocycles. The van der Waals surface area contributed by atoms with Crippen LogP contribution in [0.15, 0.2) is 78.9 Å². The number of piperidine rings is 1. The minimum absolute atomic E-state index is 0.0479. The Bertz CT molecular complexity index is 1100. The Kier molecular flexibility index (Phi) is 8.59. The molecular weight excluding hydrogens is 442 g/mol. The van der Waals surface area contributed by atoms with Gasteiger partial charge in [-0.05, 0) is 73.9 Å². The van der Waals surface area contributed by atoms with E-state index in [0.717, 1.165) is 37.4 Å². The average Bonchev–Trinajstić information content (AvgIpc) is 2.92. The largest absolute Gasteiger partial charge is 0.490 e. The highest BCUT2D eigenvalue weighted by molar-refractivity contribution is 5.96. The summed E-state index contributed by atoms with van der Waals surface area (Å²) in [4.78, 5) is 27.0. The molecule has 2 amide bonds. The fourth-order valence-corrected chi connectivity index (χ4v) is 3.90. The van der Waals surface area contributed by atoms with Gasteiger partial charge < -0.3 is 25.0 Å². The highest BCUT2D eigenvalue weighted by Gasteiger charge is 2.18. The van der Waals surface area contributed by atoms with E-state index < -0.39 is 0 Å². The lowest BCUT2D eigenvalue weighted by Gasteiger charge is -2.26. The van der Waals surface area contributed by atoms with Crippen molar-refractivity contribution >= 4 is 23.2 Å². The molecular formula is C28H31N3O4. The molecule has 7 heteroatoms. The number of rotatable bonds is 10. The number of carbonyl (C=O) groups is 2. The number of ether oxygens (including phenoxy) is 2. The van der Waals surface area contributed by atoms with Gasteiger partial charge in [-0.3, -0.25) is 9.59 Å². The Morgan fingerprint density at radius 2 is 1.43 bits per heavy atom. The average molecular weight is 474 g/mol. The minimum atomic E-state index is -0.178. The number of amides is 2. The van der Waals surface area contributed by atoms with Gasteiger partial charge in [0.2, 0.25) is 5.91 Å².